The maximum absolute atomic E-state index is 3.29. The highest BCUT2D eigenvalue weighted by atomic mass is 15.3. The summed E-state index contributed by atoms with van der Waals surface area (Å²) in [7, 11) is 2.01. The number of piperazine rings is 1. The van der Waals surface area contributed by atoms with Crippen molar-refractivity contribution in [1.29, 1.82) is 0 Å². The van der Waals surface area contributed by atoms with Gasteiger partial charge in [0, 0.05) is 44.0 Å². The third-order valence-electron chi connectivity index (χ3n) is 4.57. The Kier molecular flexibility index (Phi) is 3.76. The molecule has 2 fully saturated rings. The second kappa shape index (κ2) is 5.51. The predicted molar refractivity (Wildman–Crippen MR) is 80.7 cm³/mol. The van der Waals surface area contributed by atoms with Crippen LogP contribution in [-0.4, -0.2) is 44.2 Å². The minimum absolute atomic E-state index is 0.431. The topological polar surface area (TPSA) is 18.5 Å². The van der Waals surface area contributed by atoms with E-state index < -0.39 is 0 Å². The summed E-state index contributed by atoms with van der Waals surface area (Å²) in [6.07, 6.45) is 2.85. The first kappa shape index (κ1) is 12.9. The number of hydrogen-bond donors (Lipinski definition) is 1. The molecule has 1 heterocycles. The monoisotopic (exact) mass is 259 g/mol. The van der Waals surface area contributed by atoms with Gasteiger partial charge in [-0.1, -0.05) is 12.1 Å². The average molecular weight is 259 g/mol. The van der Waals surface area contributed by atoms with Crippen molar-refractivity contribution in [3.05, 3.63) is 29.8 Å². The maximum Gasteiger partial charge on any atom is 0.0367 e. The average Bonchev–Trinajstić information content (AvgIpc) is 3.31. The summed E-state index contributed by atoms with van der Waals surface area (Å²) in [5, 5.41) is 3.29. The van der Waals surface area contributed by atoms with Crippen molar-refractivity contribution in [2.45, 2.75) is 31.8 Å². The number of benzene rings is 1. The molecule has 104 valence electrons. The van der Waals surface area contributed by atoms with E-state index in [0.29, 0.717) is 6.04 Å². The molecule has 2 aliphatic rings. The molecular formula is C16H25N3. The second-order valence-corrected chi connectivity index (χ2v) is 5.86. The number of rotatable bonds is 4. The molecule has 3 nitrogen and oxygen atoms in total. The molecule has 0 bridgehead atoms. The molecule has 0 radical (unpaired) electrons. The largest absolute Gasteiger partial charge is 0.369 e. The third-order valence-corrected chi connectivity index (χ3v) is 4.57. The first-order chi connectivity index (χ1) is 9.28. The summed E-state index contributed by atoms with van der Waals surface area (Å²) in [6.45, 7) is 7.02. The summed E-state index contributed by atoms with van der Waals surface area (Å²) < 4.78 is 0. The van der Waals surface area contributed by atoms with E-state index >= 15 is 0 Å². The molecule has 1 aromatic rings. The van der Waals surface area contributed by atoms with Gasteiger partial charge in [0.1, 0.15) is 0 Å². The Labute approximate surface area is 116 Å². The van der Waals surface area contributed by atoms with Gasteiger partial charge in [-0.15, -0.1) is 0 Å². The Hall–Kier alpha value is -1.06. The smallest absolute Gasteiger partial charge is 0.0367 e. The number of anilines is 1. The molecule has 3 heteroatoms. The number of nitrogens with zero attached hydrogens (tertiary/aromatic N) is 2. The van der Waals surface area contributed by atoms with E-state index in [1.807, 2.05) is 7.05 Å². The molecule has 19 heavy (non-hydrogen) atoms. The lowest BCUT2D eigenvalue weighted by atomic mass is 10.1. The van der Waals surface area contributed by atoms with Crippen LogP contribution in [0.4, 0.5) is 5.69 Å². The van der Waals surface area contributed by atoms with Crippen LogP contribution >= 0.6 is 0 Å². The van der Waals surface area contributed by atoms with Crippen LogP contribution in [0.2, 0.25) is 0 Å². The van der Waals surface area contributed by atoms with E-state index in [-0.39, 0.29) is 0 Å². The Morgan fingerprint density at radius 3 is 2.21 bits per heavy atom. The highest BCUT2D eigenvalue weighted by Gasteiger charge is 2.31. The van der Waals surface area contributed by atoms with Gasteiger partial charge in [-0.05, 0) is 44.5 Å². The van der Waals surface area contributed by atoms with Crippen molar-refractivity contribution in [3.63, 3.8) is 0 Å². The quantitative estimate of drug-likeness (QED) is 0.895. The molecule has 0 aromatic heterocycles. The summed E-state index contributed by atoms with van der Waals surface area (Å²) in [6, 6.07) is 10.4. The summed E-state index contributed by atoms with van der Waals surface area (Å²) in [5.41, 5.74) is 2.74. The normalized spacial score (nSPS) is 22.5. The van der Waals surface area contributed by atoms with E-state index in [4.69, 9.17) is 0 Å². The summed E-state index contributed by atoms with van der Waals surface area (Å²) in [4.78, 5) is 5.18. The van der Waals surface area contributed by atoms with Gasteiger partial charge < -0.3 is 10.2 Å². The van der Waals surface area contributed by atoms with Crippen LogP contribution in [0.5, 0.6) is 0 Å². The van der Waals surface area contributed by atoms with E-state index in [9.17, 15) is 0 Å². The van der Waals surface area contributed by atoms with Gasteiger partial charge in [0.25, 0.3) is 0 Å². The van der Waals surface area contributed by atoms with Gasteiger partial charge in [-0.2, -0.15) is 0 Å². The predicted octanol–water partition coefficient (Wildman–Crippen LogP) is 2.25. The summed E-state index contributed by atoms with van der Waals surface area (Å²) >= 11 is 0. The van der Waals surface area contributed by atoms with Gasteiger partial charge in [0.05, 0.1) is 0 Å². The molecule has 1 N–H and O–H groups in total. The lowest BCUT2D eigenvalue weighted by Gasteiger charge is -2.36. The molecular weight excluding hydrogens is 234 g/mol. The molecule has 1 saturated carbocycles. The fraction of sp³-hybridized carbons (Fsp3) is 0.625. The molecule has 1 aromatic carbocycles. The van der Waals surface area contributed by atoms with Gasteiger partial charge in [0.15, 0.2) is 0 Å². The van der Waals surface area contributed by atoms with Gasteiger partial charge in [-0.25, -0.2) is 0 Å². The zero-order valence-corrected chi connectivity index (χ0v) is 12.1. The van der Waals surface area contributed by atoms with Crippen LogP contribution in [0.3, 0.4) is 0 Å². The lowest BCUT2D eigenvalue weighted by molar-refractivity contribution is 0.248. The summed E-state index contributed by atoms with van der Waals surface area (Å²) in [5.74, 6) is 0. The van der Waals surface area contributed by atoms with E-state index in [2.05, 4.69) is 46.3 Å². The van der Waals surface area contributed by atoms with Crippen LogP contribution < -0.4 is 10.2 Å². The van der Waals surface area contributed by atoms with Crippen molar-refractivity contribution in [2.24, 2.45) is 0 Å². The maximum atomic E-state index is 3.29. The Bertz CT molecular complexity index is 403. The Morgan fingerprint density at radius 1 is 1.05 bits per heavy atom. The fourth-order valence-electron chi connectivity index (χ4n) is 2.93. The van der Waals surface area contributed by atoms with Crippen LogP contribution in [0.25, 0.3) is 0 Å². The van der Waals surface area contributed by atoms with Crippen LogP contribution in [0.1, 0.15) is 31.4 Å². The Balaban J connectivity index is 1.60. The second-order valence-electron chi connectivity index (χ2n) is 5.86. The SMILES string of the molecule is CNC(C)c1ccc(N2CCN(C3CC3)CC2)cc1. The zero-order valence-electron chi connectivity index (χ0n) is 12.1. The standard InChI is InChI=1S/C16H25N3/c1-13(17-2)14-3-5-15(6-4-14)18-9-11-19(12-10-18)16-7-8-16/h3-6,13,16-17H,7-12H2,1-2H3. The van der Waals surface area contributed by atoms with E-state index in [0.717, 1.165) is 6.04 Å². The molecule has 1 aliphatic carbocycles. The molecule has 1 atom stereocenters. The van der Waals surface area contributed by atoms with Gasteiger partial charge in [-0.3, -0.25) is 4.90 Å². The van der Waals surface area contributed by atoms with Crippen molar-refractivity contribution < 1.29 is 0 Å². The van der Waals surface area contributed by atoms with Gasteiger partial charge >= 0.3 is 0 Å². The molecule has 1 aliphatic heterocycles. The first-order valence-electron chi connectivity index (χ1n) is 7.54. The van der Waals surface area contributed by atoms with Crippen molar-refractivity contribution >= 4 is 5.69 Å². The zero-order chi connectivity index (χ0) is 13.2. The molecule has 0 amide bonds. The minimum atomic E-state index is 0.431. The van der Waals surface area contributed by atoms with Gasteiger partial charge in [0.2, 0.25) is 0 Å². The third kappa shape index (κ3) is 2.93. The van der Waals surface area contributed by atoms with Crippen molar-refractivity contribution in [3.8, 4) is 0 Å². The van der Waals surface area contributed by atoms with Crippen LogP contribution in [0, 0.1) is 0 Å². The lowest BCUT2D eigenvalue weighted by Crippen LogP contribution is -2.47. The highest BCUT2D eigenvalue weighted by Crippen LogP contribution is 2.28. The highest BCUT2D eigenvalue weighted by molar-refractivity contribution is 5.48. The first-order valence-corrected chi connectivity index (χ1v) is 7.54. The van der Waals surface area contributed by atoms with Crippen LogP contribution in [0.15, 0.2) is 24.3 Å². The van der Waals surface area contributed by atoms with E-state index in [1.54, 1.807) is 0 Å². The Morgan fingerprint density at radius 2 is 1.68 bits per heavy atom. The number of nitrogens with one attached hydrogen (secondary N) is 1. The van der Waals surface area contributed by atoms with Crippen molar-refractivity contribution in [1.82, 2.24) is 10.2 Å². The molecule has 0 spiro atoms. The van der Waals surface area contributed by atoms with Crippen molar-refractivity contribution in [2.75, 3.05) is 38.1 Å². The minimum Gasteiger partial charge on any atom is -0.369 e. The molecule has 1 saturated heterocycles. The molecule has 3 rings (SSSR count). The van der Waals surface area contributed by atoms with E-state index in [1.165, 1.54) is 50.3 Å². The number of hydrogen-bond acceptors (Lipinski definition) is 3. The molecule has 1 unspecified atom stereocenters. The van der Waals surface area contributed by atoms with Crippen LogP contribution in [-0.2, 0) is 0 Å². The fourth-order valence-corrected chi connectivity index (χ4v) is 2.93.